The summed E-state index contributed by atoms with van der Waals surface area (Å²) < 4.78 is 5.32. The number of amides is 2. The van der Waals surface area contributed by atoms with Gasteiger partial charge in [0, 0.05) is 10.7 Å². The number of carbonyl (C=O) groups is 3. The SMILES string of the molecule is O=C(N/N=C/c1cccc(OC(=O)c2ccccc2)c1)C(=O)Nc1ccc(Cl)cc1. The normalized spacial score (nSPS) is 10.4. The van der Waals surface area contributed by atoms with Crippen molar-refractivity contribution < 1.29 is 19.1 Å². The van der Waals surface area contributed by atoms with Crippen LogP contribution in [0.3, 0.4) is 0 Å². The molecule has 0 aromatic heterocycles. The summed E-state index contributed by atoms with van der Waals surface area (Å²) in [6, 6.07) is 21.5. The molecular weight excluding hydrogens is 406 g/mol. The molecule has 0 saturated carbocycles. The van der Waals surface area contributed by atoms with Gasteiger partial charge in [0.2, 0.25) is 0 Å². The van der Waals surface area contributed by atoms with Crippen molar-refractivity contribution in [2.24, 2.45) is 5.10 Å². The number of anilines is 1. The van der Waals surface area contributed by atoms with Crippen LogP contribution in [0.25, 0.3) is 0 Å². The molecule has 2 amide bonds. The van der Waals surface area contributed by atoms with E-state index in [1.165, 1.54) is 6.21 Å². The summed E-state index contributed by atoms with van der Waals surface area (Å²) in [4.78, 5) is 35.8. The minimum absolute atomic E-state index is 0.319. The fourth-order valence-electron chi connectivity index (χ4n) is 2.34. The van der Waals surface area contributed by atoms with Gasteiger partial charge in [-0.2, -0.15) is 5.10 Å². The third-order valence-electron chi connectivity index (χ3n) is 3.77. The lowest BCUT2D eigenvalue weighted by molar-refractivity contribution is -0.136. The lowest BCUT2D eigenvalue weighted by Gasteiger charge is -2.05. The molecule has 0 aliphatic rings. The molecule has 2 N–H and O–H groups in total. The van der Waals surface area contributed by atoms with Crippen molar-refractivity contribution in [2.45, 2.75) is 0 Å². The van der Waals surface area contributed by atoms with Crippen LogP contribution < -0.4 is 15.5 Å². The van der Waals surface area contributed by atoms with E-state index in [0.717, 1.165) is 0 Å². The van der Waals surface area contributed by atoms with Gasteiger partial charge in [0.25, 0.3) is 0 Å². The predicted octanol–water partition coefficient (Wildman–Crippen LogP) is 3.65. The lowest BCUT2D eigenvalue weighted by Crippen LogP contribution is -2.32. The molecule has 0 saturated heterocycles. The second-order valence-corrected chi connectivity index (χ2v) is 6.42. The van der Waals surface area contributed by atoms with Crippen molar-refractivity contribution in [3.63, 3.8) is 0 Å². The Kier molecular flexibility index (Phi) is 6.91. The molecule has 0 bridgehead atoms. The first-order valence-electron chi connectivity index (χ1n) is 8.78. The first-order chi connectivity index (χ1) is 14.5. The molecule has 3 aromatic rings. The second kappa shape index (κ2) is 9.99. The summed E-state index contributed by atoms with van der Waals surface area (Å²) >= 11 is 5.77. The minimum atomic E-state index is -0.937. The number of carbonyl (C=O) groups excluding carboxylic acids is 3. The highest BCUT2D eigenvalue weighted by Crippen LogP contribution is 2.15. The molecule has 0 heterocycles. The van der Waals surface area contributed by atoms with Crippen LogP contribution in [0.15, 0.2) is 84.0 Å². The average Bonchev–Trinajstić information content (AvgIpc) is 2.76. The van der Waals surface area contributed by atoms with Crippen molar-refractivity contribution >= 4 is 41.3 Å². The highest BCUT2D eigenvalue weighted by molar-refractivity contribution is 6.39. The molecule has 0 unspecified atom stereocenters. The number of nitrogens with zero attached hydrogens (tertiary/aromatic N) is 1. The number of hydrazone groups is 1. The van der Waals surface area contributed by atoms with Gasteiger partial charge in [0.05, 0.1) is 11.8 Å². The molecule has 3 rings (SSSR count). The van der Waals surface area contributed by atoms with Crippen LogP contribution in [-0.4, -0.2) is 24.0 Å². The van der Waals surface area contributed by atoms with Gasteiger partial charge < -0.3 is 10.1 Å². The summed E-state index contributed by atoms with van der Waals surface area (Å²) in [5.41, 5.74) is 3.55. The van der Waals surface area contributed by atoms with Gasteiger partial charge in [-0.05, 0) is 54.1 Å². The van der Waals surface area contributed by atoms with E-state index in [4.69, 9.17) is 16.3 Å². The predicted molar refractivity (Wildman–Crippen MR) is 114 cm³/mol. The Bertz CT molecular complexity index is 1080. The van der Waals surface area contributed by atoms with Gasteiger partial charge >= 0.3 is 17.8 Å². The Morgan fingerprint density at radius 2 is 1.60 bits per heavy atom. The highest BCUT2D eigenvalue weighted by atomic mass is 35.5. The maximum absolute atomic E-state index is 12.1. The smallest absolute Gasteiger partial charge is 0.343 e. The third-order valence-corrected chi connectivity index (χ3v) is 4.02. The zero-order valence-electron chi connectivity index (χ0n) is 15.5. The minimum Gasteiger partial charge on any atom is -0.423 e. The van der Waals surface area contributed by atoms with Gasteiger partial charge in [-0.15, -0.1) is 0 Å². The number of ether oxygens (including phenoxy) is 1. The van der Waals surface area contributed by atoms with Crippen molar-refractivity contribution in [2.75, 3.05) is 5.32 Å². The fourth-order valence-corrected chi connectivity index (χ4v) is 2.46. The lowest BCUT2D eigenvalue weighted by atomic mass is 10.2. The van der Waals surface area contributed by atoms with Crippen molar-refractivity contribution in [3.05, 3.63) is 95.0 Å². The topological polar surface area (TPSA) is 96.9 Å². The highest BCUT2D eigenvalue weighted by Gasteiger charge is 2.12. The summed E-state index contributed by atoms with van der Waals surface area (Å²) in [5.74, 6) is -1.98. The number of halogens is 1. The number of nitrogens with one attached hydrogen (secondary N) is 2. The number of benzene rings is 3. The third kappa shape index (κ3) is 6.02. The van der Waals surface area contributed by atoms with Crippen LogP contribution in [0.4, 0.5) is 5.69 Å². The Hall–Kier alpha value is -3.97. The first kappa shape index (κ1) is 20.8. The summed E-state index contributed by atoms with van der Waals surface area (Å²) in [5, 5.41) is 6.69. The van der Waals surface area contributed by atoms with Crippen LogP contribution in [0, 0.1) is 0 Å². The maximum atomic E-state index is 12.1. The Morgan fingerprint density at radius 3 is 2.33 bits per heavy atom. The van der Waals surface area contributed by atoms with Gasteiger partial charge in [-0.3, -0.25) is 9.59 Å². The molecule has 0 atom stereocenters. The molecule has 7 nitrogen and oxygen atoms in total. The molecule has 3 aromatic carbocycles. The molecule has 30 heavy (non-hydrogen) atoms. The van der Waals surface area contributed by atoms with Crippen molar-refractivity contribution in [3.8, 4) is 5.75 Å². The van der Waals surface area contributed by atoms with Crippen LogP contribution in [-0.2, 0) is 9.59 Å². The fraction of sp³-hybridized carbons (Fsp3) is 0. The summed E-state index contributed by atoms with van der Waals surface area (Å²) in [7, 11) is 0. The Labute approximate surface area is 177 Å². The molecule has 0 aliphatic carbocycles. The van der Waals surface area contributed by atoms with Crippen molar-refractivity contribution in [1.29, 1.82) is 0 Å². The Morgan fingerprint density at radius 1 is 0.867 bits per heavy atom. The number of rotatable bonds is 5. The average molecular weight is 422 g/mol. The van der Waals surface area contributed by atoms with Gasteiger partial charge in [-0.25, -0.2) is 10.2 Å². The molecule has 8 heteroatoms. The monoisotopic (exact) mass is 421 g/mol. The largest absolute Gasteiger partial charge is 0.423 e. The van der Waals surface area contributed by atoms with E-state index in [1.807, 2.05) is 0 Å². The molecule has 0 aliphatic heterocycles. The van der Waals surface area contributed by atoms with E-state index in [0.29, 0.717) is 27.6 Å². The summed E-state index contributed by atoms with van der Waals surface area (Å²) in [6.45, 7) is 0. The van der Waals surface area contributed by atoms with Crippen LogP contribution in [0.2, 0.25) is 5.02 Å². The van der Waals surface area contributed by atoms with Crippen LogP contribution in [0.5, 0.6) is 5.75 Å². The first-order valence-corrected chi connectivity index (χ1v) is 9.16. The van der Waals surface area contributed by atoms with E-state index >= 15 is 0 Å². The molecule has 0 radical (unpaired) electrons. The van der Waals surface area contributed by atoms with Crippen LogP contribution in [0.1, 0.15) is 15.9 Å². The van der Waals surface area contributed by atoms with Crippen LogP contribution >= 0.6 is 11.6 Å². The Balaban J connectivity index is 1.55. The van der Waals surface area contributed by atoms with Gasteiger partial charge in [-0.1, -0.05) is 41.9 Å². The summed E-state index contributed by atoms with van der Waals surface area (Å²) in [6.07, 6.45) is 1.33. The molecule has 0 spiro atoms. The molecule has 150 valence electrons. The second-order valence-electron chi connectivity index (χ2n) is 5.99. The van der Waals surface area contributed by atoms with E-state index in [-0.39, 0.29) is 0 Å². The van der Waals surface area contributed by atoms with Gasteiger partial charge in [0.15, 0.2) is 0 Å². The van der Waals surface area contributed by atoms with E-state index < -0.39 is 17.8 Å². The standard InChI is InChI=1S/C22H16ClN3O4/c23-17-9-11-18(12-10-17)25-20(27)21(28)26-24-14-15-5-4-8-19(13-15)30-22(29)16-6-2-1-3-7-16/h1-14H,(H,25,27)(H,26,28)/b24-14+. The molecular formula is C22H16ClN3O4. The maximum Gasteiger partial charge on any atom is 0.343 e. The zero-order chi connectivity index (χ0) is 21.3. The molecule has 0 fully saturated rings. The number of hydrogen-bond acceptors (Lipinski definition) is 5. The van der Waals surface area contributed by atoms with E-state index in [9.17, 15) is 14.4 Å². The van der Waals surface area contributed by atoms with Gasteiger partial charge in [0.1, 0.15) is 5.75 Å². The van der Waals surface area contributed by atoms with Crippen molar-refractivity contribution in [1.82, 2.24) is 5.43 Å². The zero-order valence-corrected chi connectivity index (χ0v) is 16.3. The van der Waals surface area contributed by atoms with E-state index in [1.54, 1.807) is 78.9 Å². The number of hydrogen-bond donors (Lipinski definition) is 2. The van der Waals surface area contributed by atoms with E-state index in [2.05, 4.69) is 15.8 Å². The quantitative estimate of drug-likeness (QED) is 0.216. The number of esters is 1.